The fourth-order valence-corrected chi connectivity index (χ4v) is 2.95. The molecule has 0 spiro atoms. The Morgan fingerprint density at radius 3 is 2.81 bits per heavy atom. The lowest BCUT2D eigenvalue weighted by Crippen LogP contribution is -2.43. The van der Waals surface area contributed by atoms with Crippen molar-refractivity contribution in [3.63, 3.8) is 0 Å². The molecule has 3 heteroatoms. The van der Waals surface area contributed by atoms with Gasteiger partial charge in [-0.05, 0) is 45.6 Å². The van der Waals surface area contributed by atoms with Crippen molar-refractivity contribution in [1.29, 1.82) is 0 Å². The molecule has 1 heterocycles. The van der Waals surface area contributed by atoms with E-state index in [2.05, 4.69) is 4.90 Å². The number of Topliss-reactive ketones (excluding diaryl/α,β-unsaturated/α-hetero) is 1. The summed E-state index contributed by atoms with van der Waals surface area (Å²) in [4.78, 5) is 14.2. The molecule has 1 N–H and O–H groups in total. The number of rotatable bonds is 1. The van der Waals surface area contributed by atoms with Crippen molar-refractivity contribution in [3.05, 3.63) is 0 Å². The van der Waals surface area contributed by atoms with E-state index < -0.39 is 5.60 Å². The summed E-state index contributed by atoms with van der Waals surface area (Å²) in [5.74, 6) is 0.424. The Morgan fingerprint density at radius 2 is 2.06 bits per heavy atom. The van der Waals surface area contributed by atoms with Crippen molar-refractivity contribution in [2.45, 2.75) is 63.5 Å². The van der Waals surface area contributed by atoms with Crippen molar-refractivity contribution in [3.8, 4) is 0 Å². The molecule has 0 bridgehead atoms. The molecule has 1 aliphatic heterocycles. The Bertz CT molecular complexity index is 263. The summed E-state index contributed by atoms with van der Waals surface area (Å²) in [5.41, 5.74) is -0.521. The van der Waals surface area contributed by atoms with Gasteiger partial charge in [-0.2, -0.15) is 0 Å². The number of hydrogen-bond acceptors (Lipinski definition) is 3. The standard InChI is InChI=1S/C13H23NO2/c1-13(16)7-4-9-14(10-8-13)11-5-2-3-6-12(11)15/h11,16H,2-10H2,1H3. The minimum atomic E-state index is -0.521. The molecule has 3 nitrogen and oxygen atoms in total. The van der Waals surface area contributed by atoms with Crippen LogP contribution in [0, 0.1) is 0 Å². The third-order valence-electron chi connectivity index (χ3n) is 4.06. The highest BCUT2D eigenvalue weighted by Crippen LogP contribution is 2.26. The fourth-order valence-electron chi connectivity index (χ4n) is 2.95. The molecule has 2 rings (SSSR count). The second-order valence-electron chi connectivity index (χ2n) is 5.61. The number of likely N-dealkylation sites (tertiary alicyclic amines) is 1. The summed E-state index contributed by atoms with van der Waals surface area (Å²) in [5, 5.41) is 10.0. The van der Waals surface area contributed by atoms with Gasteiger partial charge < -0.3 is 5.11 Å². The first-order chi connectivity index (χ1) is 7.58. The molecule has 16 heavy (non-hydrogen) atoms. The van der Waals surface area contributed by atoms with Crippen LogP contribution in [-0.4, -0.2) is 40.5 Å². The van der Waals surface area contributed by atoms with E-state index in [4.69, 9.17) is 0 Å². The van der Waals surface area contributed by atoms with Gasteiger partial charge in [-0.1, -0.05) is 6.42 Å². The highest BCUT2D eigenvalue weighted by Gasteiger charge is 2.32. The van der Waals surface area contributed by atoms with Crippen LogP contribution in [0.25, 0.3) is 0 Å². The predicted octanol–water partition coefficient (Wildman–Crippen LogP) is 1.74. The smallest absolute Gasteiger partial charge is 0.149 e. The Morgan fingerprint density at radius 1 is 1.25 bits per heavy atom. The van der Waals surface area contributed by atoms with Crippen LogP contribution < -0.4 is 0 Å². The number of aliphatic hydroxyl groups is 1. The van der Waals surface area contributed by atoms with Crippen molar-refractivity contribution in [2.75, 3.05) is 13.1 Å². The topological polar surface area (TPSA) is 40.5 Å². The Kier molecular flexibility index (Phi) is 3.65. The van der Waals surface area contributed by atoms with E-state index in [0.717, 1.165) is 51.6 Å². The van der Waals surface area contributed by atoms with Gasteiger partial charge >= 0.3 is 0 Å². The molecule has 0 aromatic heterocycles. The molecule has 0 radical (unpaired) electrons. The van der Waals surface area contributed by atoms with Crippen LogP contribution in [0.4, 0.5) is 0 Å². The number of carbonyl (C=O) groups is 1. The average Bonchev–Trinajstić information content (AvgIpc) is 2.40. The van der Waals surface area contributed by atoms with Gasteiger partial charge in [-0.3, -0.25) is 9.69 Å². The lowest BCUT2D eigenvalue weighted by molar-refractivity contribution is -0.126. The summed E-state index contributed by atoms with van der Waals surface area (Å²) >= 11 is 0. The Balaban J connectivity index is 1.96. The van der Waals surface area contributed by atoms with Crippen molar-refractivity contribution < 1.29 is 9.90 Å². The second kappa shape index (κ2) is 4.84. The van der Waals surface area contributed by atoms with E-state index in [1.165, 1.54) is 6.42 Å². The zero-order chi connectivity index (χ0) is 11.6. The van der Waals surface area contributed by atoms with Gasteiger partial charge in [0.1, 0.15) is 5.78 Å². The van der Waals surface area contributed by atoms with Gasteiger partial charge in [-0.25, -0.2) is 0 Å². The van der Waals surface area contributed by atoms with E-state index in [1.54, 1.807) is 0 Å². The van der Waals surface area contributed by atoms with Crippen molar-refractivity contribution >= 4 is 5.78 Å². The lowest BCUT2D eigenvalue weighted by atomic mass is 9.92. The molecule has 0 amide bonds. The molecule has 2 aliphatic rings. The molecule has 2 atom stereocenters. The molecule has 2 fully saturated rings. The third-order valence-corrected chi connectivity index (χ3v) is 4.06. The third kappa shape index (κ3) is 2.83. The highest BCUT2D eigenvalue weighted by molar-refractivity contribution is 5.84. The highest BCUT2D eigenvalue weighted by atomic mass is 16.3. The largest absolute Gasteiger partial charge is 0.390 e. The minimum Gasteiger partial charge on any atom is -0.390 e. The molecule has 2 unspecified atom stereocenters. The fraction of sp³-hybridized carbons (Fsp3) is 0.923. The molecule has 0 aromatic rings. The number of hydrogen-bond donors (Lipinski definition) is 1. The summed E-state index contributed by atoms with van der Waals surface area (Å²) in [7, 11) is 0. The molecular weight excluding hydrogens is 202 g/mol. The average molecular weight is 225 g/mol. The van der Waals surface area contributed by atoms with Gasteiger partial charge in [0.25, 0.3) is 0 Å². The van der Waals surface area contributed by atoms with Crippen molar-refractivity contribution in [2.24, 2.45) is 0 Å². The van der Waals surface area contributed by atoms with E-state index in [9.17, 15) is 9.90 Å². The monoisotopic (exact) mass is 225 g/mol. The molecular formula is C13H23NO2. The summed E-state index contributed by atoms with van der Waals surface area (Å²) in [6.45, 7) is 3.77. The van der Waals surface area contributed by atoms with Gasteiger partial charge in [0.15, 0.2) is 0 Å². The van der Waals surface area contributed by atoms with Crippen LogP contribution in [0.15, 0.2) is 0 Å². The Labute approximate surface area is 97.8 Å². The minimum absolute atomic E-state index is 0.155. The van der Waals surface area contributed by atoms with E-state index in [0.29, 0.717) is 5.78 Å². The van der Waals surface area contributed by atoms with E-state index >= 15 is 0 Å². The van der Waals surface area contributed by atoms with Gasteiger partial charge in [0.05, 0.1) is 11.6 Å². The molecule has 1 aliphatic carbocycles. The van der Waals surface area contributed by atoms with Gasteiger partial charge in [0.2, 0.25) is 0 Å². The summed E-state index contributed by atoms with van der Waals surface area (Å²) in [6, 6.07) is 0.155. The maximum atomic E-state index is 11.9. The van der Waals surface area contributed by atoms with Crippen LogP contribution in [-0.2, 0) is 4.79 Å². The van der Waals surface area contributed by atoms with E-state index in [1.807, 2.05) is 6.92 Å². The lowest BCUT2D eigenvalue weighted by Gasteiger charge is -2.32. The molecule has 1 saturated carbocycles. The first-order valence-electron chi connectivity index (χ1n) is 6.58. The number of ketones is 1. The Hall–Kier alpha value is -0.410. The van der Waals surface area contributed by atoms with Crippen LogP contribution >= 0.6 is 0 Å². The van der Waals surface area contributed by atoms with Gasteiger partial charge in [-0.15, -0.1) is 0 Å². The second-order valence-corrected chi connectivity index (χ2v) is 5.61. The molecule has 92 valence electrons. The van der Waals surface area contributed by atoms with Gasteiger partial charge in [0, 0.05) is 13.0 Å². The number of nitrogens with zero attached hydrogens (tertiary/aromatic N) is 1. The maximum Gasteiger partial charge on any atom is 0.149 e. The first-order valence-corrected chi connectivity index (χ1v) is 6.58. The summed E-state index contributed by atoms with van der Waals surface area (Å²) in [6.07, 6.45) is 6.72. The maximum absolute atomic E-state index is 11.9. The normalized spacial score (nSPS) is 38.4. The van der Waals surface area contributed by atoms with Crippen LogP contribution in [0.2, 0.25) is 0 Å². The summed E-state index contributed by atoms with van der Waals surface area (Å²) < 4.78 is 0. The van der Waals surface area contributed by atoms with Crippen LogP contribution in [0.1, 0.15) is 51.9 Å². The predicted molar refractivity (Wildman–Crippen MR) is 63.3 cm³/mol. The van der Waals surface area contributed by atoms with Crippen LogP contribution in [0.3, 0.4) is 0 Å². The van der Waals surface area contributed by atoms with E-state index in [-0.39, 0.29) is 6.04 Å². The zero-order valence-electron chi connectivity index (χ0n) is 10.2. The molecule has 0 aromatic carbocycles. The molecule has 1 saturated heterocycles. The van der Waals surface area contributed by atoms with Crippen molar-refractivity contribution in [1.82, 2.24) is 4.90 Å². The first kappa shape index (κ1) is 12.1. The SMILES string of the molecule is CC1(O)CCCN(C2CCCCC2=O)CC1. The zero-order valence-corrected chi connectivity index (χ0v) is 10.2. The quantitative estimate of drug-likeness (QED) is 0.739. The van der Waals surface area contributed by atoms with Crippen LogP contribution in [0.5, 0.6) is 0 Å². The number of carbonyl (C=O) groups excluding carboxylic acids is 1.